The molecule has 0 saturated carbocycles. The number of hydrogen-bond donors (Lipinski definition) is 0. The minimum atomic E-state index is -3.52. The molecule has 0 saturated heterocycles. The Balaban J connectivity index is 2.30. The van der Waals surface area contributed by atoms with Gasteiger partial charge in [0.1, 0.15) is 0 Å². The van der Waals surface area contributed by atoms with Crippen molar-refractivity contribution in [1.29, 1.82) is 0 Å². The van der Waals surface area contributed by atoms with Crippen LogP contribution in [0.1, 0.15) is 11.1 Å². The van der Waals surface area contributed by atoms with Crippen molar-refractivity contribution in [3.8, 4) is 0 Å². The zero-order valence-corrected chi connectivity index (χ0v) is 15.2. The van der Waals surface area contributed by atoms with E-state index >= 15 is 0 Å². The van der Waals surface area contributed by atoms with E-state index in [2.05, 4.69) is 4.40 Å². The number of rotatable bonds is 5. The highest BCUT2D eigenvalue weighted by Gasteiger charge is 1.99. The average molecular weight is 380 g/mol. The van der Waals surface area contributed by atoms with E-state index in [1.54, 1.807) is 48.6 Å². The van der Waals surface area contributed by atoms with Crippen LogP contribution in [-0.2, 0) is 10.0 Å². The van der Waals surface area contributed by atoms with Gasteiger partial charge in [-0.25, -0.2) is 8.42 Å². The third kappa shape index (κ3) is 6.71. The zero-order valence-electron chi connectivity index (χ0n) is 12.9. The van der Waals surface area contributed by atoms with E-state index in [-0.39, 0.29) is 0 Å². The molecule has 2 aromatic rings. The quantitative estimate of drug-likeness (QED) is 0.676. The Hall–Kier alpha value is -1.88. The Labute approximate surface area is 152 Å². The molecule has 0 atom stereocenters. The molecule has 0 fully saturated rings. The summed E-state index contributed by atoms with van der Waals surface area (Å²) in [5.41, 5.74) is 2.00. The number of nitrogens with zero attached hydrogens (tertiary/aromatic N) is 1. The largest absolute Gasteiger partial charge is 0.250 e. The smallest absolute Gasteiger partial charge is 0.205 e. The summed E-state index contributed by atoms with van der Waals surface area (Å²) in [5, 5.41) is 1.21. The molecule has 24 heavy (non-hydrogen) atoms. The summed E-state index contributed by atoms with van der Waals surface area (Å²) in [6.07, 6.45) is 7.78. The van der Waals surface area contributed by atoms with E-state index in [1.807, 2.05) is 24.3 Å². The Morgan fingerprint density at radius 3 is 1.75 bits per heavy atom. The molecule has 0 aliphatic rings. The molecule has 0 aromatic heterocycles. The molecule has 0 radical (unpaired) electrons. The van der Waals surface area contributed by atoms with Crippen molar-refractivity contribution in [1.82, 2.24) is 0 Å². The lowest BCUT2D eigenvalue weighted by molar-refractivity contribution is 0.604. The summed E-state index contributed by atoms with van der Waals surface area (Å²) in [4.78, 5) is 0. The van der Waals surface area contributed by atoms with Gasteiger partial charge in [0.15, 0.2) is 0 Å². The minimum Gasteiger partial charge on any atom is -0.205 e. The Morgan fingerprint density at radius 2 is 1.38 bits per heavy atom. The molecule has 2 rings (SSSR count). The van der Waals surface area contributed by atoms with Crippen LogP contribution >= 0.6 is 23.2 Å². The third-order valence-electron chi connectivity index (χ3n) is 2.86. The summed E-state index contributed by atoms with van der Waals surface area (Å²) in [6.45, 7) is 0. The molecule has 0 spiro atoms. The monoisotopic (exact) mass is 379 g/mol. The van der Waals surface area contributed by atoms with Crippen LogP contribution in [0, 0.1) is 0 Å². The van der Waals surface area contributed by atoms with Gasteiger partial charge in [-0.1, -0.05) is 59.6 Å². The fraction of sp³-hybridized carbons (Fsp3) is 0.0556. The molecule has 2 aromatic carbocycles. The maximum Gasteiger partial charge on any atom is 0.250 e. The number of hydrogen-bond acceptors (Lipinski definition) is 2. The predicted octanol–water partition coefficient (Wildman–Crippen LogP) is 5.12. The first-order valence-corrected chi connectivity index (χ1v) is 9.59. The van der Waals surface area contributed by atoms with Crippen LogP contribution in [0.4, 0.5) is 0 Å². The SMILES string of the molecule is CS(=O)(=O)N=C(/C=C/c1cccc(Cl)c1)/C=C/c1cccc(Cl)c1. The van der Waals surface area contributed by atoms with Gasteiger partial charge in [-0.3, -0.25) is 0 Å². The average Bonchev–Trinajstić information content (AvgIpc) is 2.49. The van der Waals surface area contributed by atoms with E-state index in [0.29, 0.717) is 15.8 Å². The predicted molar refractivity (Wildman–Crippen MR) is 103 cm³/mol. The normalized spacial score (nSPS) is 12.0. The number of sulfonamides is 1. The molecule has 0 amide bonds. The molecule has 0 N–H and O–H groups in total. The molecule has 6 heteroatoms. The van der Waals surface area contributed by atoms with Crippen LogP contribution in [0.25, 0.3) is 12.2 Å². The van der Waals surface area contributed by atoms with Crippen molar-refractivity contribution in [3.63, 3.8) is 0 Å². The van der Waals surface area contributed by atoms with Crippen molar-refractivity contribution in [2.75, 3.05) is 6.26 Å². The van der Waals surface area contributed by atoms with Gasteiger partial charge < -0.3 is 0 Å². The van der Waals surface area contributed by atoms with Crippen molar-refractivity contribution in [3.05, 3.63) is 81.9 Å². The maximum absolute atomic E-state index is 11.5. The molecule has 0 heterocycles. The van der Waals surface area contributed by atoms with Gasteiger partial charge in [0.2, 0.25) is 0 Å². The van der Waals surface area contributed by atoms with Gasteiger partial charge in [0, 0.05) is 10.0 Å². The molecule has 0 bridgehead atoms. The van der Waals surface area contributed by atoms with E-state index < -0.39 is 10.0 Å². The van der Waals surface area contributed by atoms with Crippen molar-refractivity contribution in [2.45, 2.75) is 0 Å². The summed E-state index contributed by atoms with van der Waals surface area (Å²) in [7, 11) is -3.52. The van der Waals surface area contributed by atoms with Gasteiger partial charge in [-0.05, 0) is 47.5 Å². The van der Waals surface area contributed by atoms with Gasteiger partial charge in [0.25, 0.3) is 10.0 Å². The van der Waals surface area contributed by atoms with Crippen molar-refractivity contribution in [2.24, 2.45) is 4.40 Å². The van der Waals surface area contributed by atoms with E-state index in [4.69, 9.17) is 23.2 Å². The third-order valence-corrected chi connectivity index (χ3v) is 3.87. The van der Waals surface area contributed by atoms with E-state index in [0.717, 1.165) is 17.4 Å². The molecular weight excluding hydrogens is 365 g/mol. The summed E-state index contributed by atoms with van der Waals surface area (Å²) < 4.78 is 26.7. The molecule has 3 nitrogen and oxygen atoms in total. The van der Waals surface area contributed by atoms with Crippen LogP contribution < -0.4 is 0 Å². The highest BCUT2D eigenvalue weighted by Crippen LogP contribution is 2.14. The van der Waals surface area contributed by atoms with Crippen LogP contribution in [0.5, 0.6) is 0 Å². The fourth-order valence-corrected chi connectivity index (χ4v) is 2.79. The maximum atomic E-state index is 11.5. The molecular formula is C18H15Cl2NO2S. The lowest BCUT2D eigenvalue weighted by atomic mass is 10.1. The van der Waals surface area contributed by atoms with Crippen molar-refractivity contribution < 1.29 is 8.42 Å². The Kier molecular flexibility index (Phi) is 6.37. The lowest BCUT2D eigenvalue weighted by Gasteiger charge is -1.97. The van der Waals surface area contributed by atoms with E-state index in [9.17, 15) is 8.42 Å². The van der Waals surface area contributed by atoms with Crippen LogP contribution in [-0.4, -0.2) is 20.4 Å². The standard InChI is InChI=1S/C18H15Cl2NO2S/c1-24(22,23)21-18(10-8-14-4-2-6-16(19)12-14)11-9-15-5-3-7-17(20)13-15/h2-13H,1H3/b10-8+,11-9+. The van der Waals surface area contributed by atoms with E-state index in [1.165, 1.54) is 0 Å². The Morgan fingerprint density at radius 1 is 0.917 bits per heavy atom. The molecule has 0 aliphatic carbocycles. The first-order valence-electron chi connectivity index (χ1n) is 6.99. The van der Waals surface area contributed by atoms with Gasteiger partial charge in [0.05, 0.1) is 12.0 Å². The second kappa shape index (κ2) is 8.29. The molecule has 124 valence electrons. The van der Waals surface area contributed by atoms with Crippen molar-refractivity contribution >= 4 is 51.1 Å². The summed E-state index contributed by atoms with van der Waals surface area (Å²) >= 11 is 11.9. The Bertz CT molecular complexity index is 859. The number of allylic oxidation sites excluding steroid dienone is 2. The fourth-order valence-electron chi connectivity index (χ4n) is 1.89. The van der Waals surface area contributed by atoms with Gasteiger partial charge in [-0.2, -0.15) is 4.40 Å². The highest BCUT2D eigenvalue weighted by molar-refractivity contribution is 7.89. The molecule has 0 unspecified atom stereocenters. The highest BCUT2D eigenvalue weighted by atomic mass is 35.5. The second-order valence-electron chi connectivity index (χ2n) is 5.03. The lowest BCUT2D eigenvalue weighted by Crippen LogP contribution is -1.97. The topological polar surface area (TPSA) is 46.5 Å². The first kappa shape index (κ1) is 18.5. The number of halogens is 2. The summed E-state index contributed by atoms with van der Waals surface area (Å²) in [6, 6.07) is 14.4. The minimum absolute atomic E-state index is 0.303. The zero-order chi connectivity index (χ0) is 17.6. The second-order valence-corrected chi connectivity index (χ2v) is 7.55. The van der Waals surface area contributed by atoms with Gasteiger partial charge in [-0.15, -0.1) is 0 Å². The number of benzene rings is 2. The summed E-state index contributed by atoms with van der Waals surface area (Å²) in [5.74, 6) is 0. The van der Waals surface area contributed by atoms with Gasteiger partial charge >= 0.3 is 0 Å². The van der Waals surface area contributed by atoms with Crippen LogP contribution in [0.2, 0.25) is 10.0 Å². The van der Waals surface area contributed by atoms with Crippen LogP contribution in [0.3, 0.4) is 0 Å². The molecule has 0 aliphatic heterocycles. The van der Waals surface area contributed by atoms with Crippen LogP contribution in [0.15, 0.2) is 65.1 Å². The first-order chi connectivity index (χ1) is 11.3.